The van der Waals surface area contributed by atoms with Crippen LogP contribution < -0.4 is 0 Å². The number of carbonyl (C=O) groups is 1. The van der Waals surface area contributed by atoms with Gasteiger partial charge in [0.25, 0.3) is 5.91 Å². The second kappa shape index (κ2) is 6.84. The fourth-order valence-electron chi connectivity index (χ4n) is 2.20. The highest BCUT2D eigenvalue weighted by atomic mass is 35.5. The Kier molecular flexibility index (Phi) is 5.13. The Morgan fingerprint density at radius 1 is 1.32 bits per heavy atom. The largest absolute Gasteiger partial charge is 0.395 e. The van der Waals surface area contributed by atoms with Gasteiger partial charge in [-0.05, 0) is 25.1 Å². The summed E-state index contributed by atoms with van der Waals surface area (Å²) in [6.07, 6.45) is 2.41. The van der Waals surface area contributed by atoms with Gasteiger partial charge in [0.2, 0.25) is 0 Å². The SMILES string of the molecule is O=C(c1ccc(Cl)cn1)N1CCCN(CCO)CC1. The number of aromatic nitrogens is 1. The van der Waals surface area contributed by atoms with Crippen LogP contribution in [0.5, 0.6) is 0 Å². The van der Waals surface area contributed by atoms with Crippen LogP contribution in [0.25, 0.3) is 0 Å². The molecule has 0 saturated carbocycles. The highest BCUT2D eigenvalue weighted by Gasteiger charge is 2.20. The third-order valence-corrected chi connectivity index (χ3v) is 3.46. The molecule has 1 fully saturated rings. The number of β-amino-alcohol motifs (C(OH)–C–C–N with tert-alkyl or cyclic N) is 1. The van der Waals surface area contributed by atoms with E-state index in [4.69, 9.17) is 16.7 Å². The summed E-state index contributed by atoms with van der Waals surface area (Å²) >= 11 is 5.76. The van der Waals surface area contributed by atoms with Crippen LogP contribution in [0.2, 0.25) is 5.02 Å². The number of nitrogens with zero attached hydrogens (tertiary/aromatic N) is 3. The summed E-state index contributed by atoms with van der Waals surface area (Å²) in [5, 5.41) is 9.47. The van der Waals surface area contributed by atoms with Gasteiger partial charge in [-0.3, -0.25) is 9.69 Å². The van der Waals surface area contributed by atoms with Gasteiger partial charge >= 0.3 is 0 Å². The van der Waals surface area contributed by atoms with Crippen molar-refractivity contribution in [3.8, 4) is 0 Å². The second-order valence-electron chi connectivity index (χ2n) is 4.57. The number of aliphatic hydroxyl groups is 1. The van der Waals surface area contributed by atoms with E-state index >= 15 is 0 Å². The normalized spacial score (nSPS) is 17.3. The number of pyridine rings is 1. The van der Waals surface area contributed by atoms with Crippen molar-refractivity contribution in [3.63, 3.8) is 0 Å². The molecule has 0 unspecified atom stereocenters. The van der Waals surface area contributed by atoms with Gasteiger partial charge in [-0.25, -0.2) is 4.98 Å². The number of carbonyl (C=O) groups excluding carboxylic acids is 1. The average molecular weight is 284 g/mol. The van der Waals surface area contributed by atoms with Crippen molar-refractivity contribution in [2.45, 2.75) is 6.42 Å². The number of rotatable bonds is 3. The molecule has 1 N–H and O–H groups in total. The summed E-state index contributed by atoms with van der Waals surface area (Å²) in [5.41, 5.74) is 0.431. The predicted octanol–water partition coefficient (Wildman–Crippen LogP) is 0.875. The molecule has 1 aromatic heterocycles. The van der Waals surface area contributed by atoms with Gasteiger partial charge in [0.05, 0.1) is 11.6 Å². The van der Waals surface area contributed by atoms with Crippen LogP contribution in [-0.4, -0.2) is 65.1 Å². The number of hydrogen-bond donors (Lipinski definition) is 1. The van der Waals surface area contributed by atoms with Crippen molar-refractivity contribution in [1.29, 1.82) is 0 Å². The van der Waals surface area contributed by atoms with Crippen LogP contribution in [-0.2, 0) is 0 Å². The zero-order valence-electron chi connectivity index (χ0n) is 10.8. The van der Waals surface area contributed by atoms with Crippen molar-refractivity contribution in [2.24, 2.45) is 0 Å². The van der Waals surface area contributed by atoms with Gasteiger partial charge in [0.1, 0.15) is 5.69 Å². The Bertz CT molecular complexity index is 424. The van der Waals surface area contributed by atoms with Crippen molar-refractivity contribution < 1.29 is 9.90 Å². The van der Waals surface area contributed by atoms with Crippen LogP contribution in [0.4, 0.5) is 0 Å². The monoisotopic (exact) mass is 283 g/mol. The van der Waals surface area contributed by atoms with Crippen LogP contribution in [0.15, 0.2) is 18.3 Å². The zero-order valence-corrected chi connectivity index (χ0v) is 11.5. The first-order valence-corrected chi connectivity index (χ1v) is 6.82. The first kappa shape index (κ1) is 14.2. The molecule has 1 saturated heterocycles. The van der Waals surface area contributed by atoms with Gasteiger partial charge in [0.15, 0.2) is 0 Å². The second-order valence-corrected chi connectivity index (χ2v) is 5.01. The predicted molar refractivity (Wildman–Crippen MR) is 73.3 cm³/mol. The number of hydrogen-bond acceptors (Lipinski definition) is 4. The molecule has 1 amide bonds. The molecular formula is C13H18ClN3O2. The van der Waals surface area contributed by atoms with Crippen molar-refractivity contribution in [3.05, 3.63) is 29.0 Å². The van der Waals surface area contributed by atoms with E-state index in [0.717, 1.165) is 26.1 Å². The van der Waals surface area contributed by atoms with E-state index in [-0.39, 0.29) is 12.5 Å². The Morgan fingerprint density at radius 3 is 2.84 bits per heavy atom. The summed E-state index contributed by atoms with van der Waals surface area (Å²) in [6, 6.07) is 3.33. The maximum absolute atomic E-state index is 12.3. The standard InChI is InChI=1S/C13H18ClN3O2/c14-11-2-3-12(15-10-11)13(19)17-5-1-4-16(6-7-17)8-9-18/h2-3,10,18H,1,4-9H2. The molecule has 1 aliphatic rings. The first-order valence-electron chi connectivity index (χ1n) is 6.45. The van der Waals surface area contributed by atoms with Gasteiger partial charge in [-0.15, -0.1) is 0 Å². The molecule has 0 bridgehead atoms. The Morgan fingerprint density at radius 2 is 2.16 bits per heavy atom. The lowest BCUT2D eigenvalue weighted by molar-refractivity contribution is 0.0754. The summed E-state index contributed by atoms with van der Waals surface area (Å²) < 4.78 is 0. The van der Waals surface area contributed by atoms with Crippen LogP contribution in [0.3, 0.4) is 0 Å². The fourth-order valence-corrected chi connectivity index (χ4v) is 2.32. The molecule has 5 nitrogen and oxygen atoms in total. The van der Waals surface area contributed by atoms with E-state index < -0.39 is 0 Å². The summed E-state index contributed by atoms with van der Waals surface area (Å²) in [7, 11) is 0. The summed E-state index contributed by atoms with van der Waals surface area (Å²) in [5.74, 6) is -0.0532. The van der Waals surface area contributed by atoms with E-state index in [1.54, 1.807) is 12.1 Å². The van der Waals surface area contributed by atoms with Crippen molar-refractivity contribution in [1.82, 2.24) is 14.8 Å². The molecule has 0 aliphatic carbocycles. The van der Waals surface area contributed by atoms with Crippen LogP contribution >= 0.6 is 11.6 Å². The molecular weight excluding hydrogens is 266 g/mol. The lowest BCUT2D eigenvalue weighted by Crippen LogP contribution is -2.36. The van der Waals surface area contributed by atoms with Gasteiger partial charge < -0.3 is 10.0 Å². The number of aliphatic hydroxyl groups excluding tert-OH is 1. The maximum atomic E-state index is 12.3. The smallest absolute Gasteiger partial charge is 0.272 e. The number of amides is 1. The molecule has 1 aromatic rings. The van der Waals surface area contributed by atoms with Gasteiger partial charge in [0, 0.05) is 32.4 Å². The lowest BCUT2D eigenvalue weighted by atomic mass is 10.3. The molecule has 6 heteroatoms. The molecule has 104 valence electrons. The summed E-state index contributed by atoms with van der Waals surface area (Å²) in [4.78, 5) is 20.3. The highest BCUT2D eigenvalue weighted by Crippen LogP contribution is 2.10. The molecule has 1 aliphatic heterocycles. The first-order chi connectivity index (χ1) is 9.20. The molecule has 0 aromatic carbocycles. The molecule has 0 atom stereocenters. The molecule has 0 spiro atoms. The van der Waals surface area contributed by atoms with E-state index in [1.807, 2.05) is 4.90 Å². The number of halogens is 1. The van der Waals surface area contributed by atoms with Gasteiger partial charge in [-0.1, -0.05) is 11.6 Å². The Hall–Kier alpha value is -1.17. The molecule has 0 radical (unpaired) electrons. The average Bonchev–Trinajstić information content (AvgIpc) is 2.65. The third kappa shape index (κ3) is 3.89. The minimum Gasteiger partial charge on any atom is -0.395 e. The van der Waals surface area contributed by atoms with E-state index in [1.165, 1.54) is 6.20 Å². The minimum atomic E-state index is -0.0532. The minimum absolute atomic E-state index is 0.0532. The van der Waals surface area contributed by atoms with E-state index in [2.05, 4.69) is 9.88 Å². The topological polar surface area (TPSA) is 56.7 Å². The quantitative estimate of drug-likeness (QED) is 0.895. The third-order valence-electron chi connectivity index (χ3n) is 3.24. The lowest BCUT2D eigenvalue weighted by Gasteiger charge is -2.21. The van der Waals surface area contributed by atoms with E-state index in [0.29, 0.717) is 23.8 Å². The highest BCUT2D eigenvalue weighted by molar-refractivity contribution is 6.30. The van der Waals surface area contributed by atoms with Crippen LogP contribution in [0.1, 0.15) is 16.9 Å². The Labute approximate surface area is 117 Å². The zero-order chi connectivity index (χ0) is 13.7. The fraction of sp³-hybridized carbons (Fsp3) is 0.538. The van der Waals surface area contributed by atoms with Gasteiger partial charge in [-0.2, -0.15) is 0 Å². The molecule has 2 rings (SSSR count). The van der Waals surface area contributed by atoms with Crippen LogP contribution in [0, 0.1) is 0 Å². The van der Waals surface area contributed by atoms with Crippen molar-refractivity contribution >= 4 is 17.5 Å². The van der Waals surface area contributed by atoms with Crippen molar-refractivity contribution in [2.75, 3.05) is 39.3 Å². The molecule has 19 heavy (non-hydrogen) atoms. The van der Waals surface area contributed by atoms with E-state index in [9.17, 15) is 4.79 Å². The summed E-state index contributed by atoms with van der Waals surface area (Å²) in [6.45, 7) is 3.93. The Balaban J connectivity index is 1.98. The molecule has 2 heterocycles. The maximum Gasteiger partial charge on any atom is 0.272 e.